The summed E-state index contributed by atoms with van der Waals surface area (Å²) in [6.45, 7) is 2.10. The summed E-state index contributed by atoms with van der Waals surface area (Å²) in [6, 6.07) is 15.1. The highest BCUT2D eigenvalue weighted by Crippen LogP contribution is 2.44. The molecular formula is C20H20N4O2S3. The van der Waals surface area contributed by atoms with Crippen molar-refractivity contribution < 1.29 is 8.42 Å². The van der Waals surface area contributed by atoms with Gasteiger partial charge >= 0.3 is 0 Å². The number of thiophene rings is 1. The summed E-state index contributed by atoms with van der Waals surface area (Å²) in [5.74, 6) is 0. The van der Waals surface area contributed by atoms with Gasteiger partial charge in [-0.15, -0.1) is 11.3 Å². The van der Waals surface area contributed by atoms with E-state index in [1.54, 1.807) is 29.7 Å². The normalized spacial score (nSPS) is 19.2. The molecule has 2 N–H and O–H groups in total. The highest BCUT2D eigenvalue weighted by molar-refractivity contribution is 7.92. The quantitative estimate of drug-likeness (QED) is 0.580. The van der Waals surface area contributed by atoms with E-state index in [-0.39, 0.29) is 12.1 Å². The summed E-state index contributed by atoms with van der Waals surface area (Å²) in [5, 5.41) is 6.12. The van der Waals surface area contributed by atoms with Crippen molar-refractivity contribution in [2.75, 3.05) is 15.9 Å². The van der Waals surface area contributed by atoms with Crippen LogP contribution in [-0.4, -0.2) is 24.8 Å². The van der Waals surface area contributed by atoms with Crippen molar-refractivity contribution in [2.45, 2.75) is 19.0 Å². The Morgan fingerprint density at radius 1 is 1.17 bits per heavy atom. The second-order valence-corrected chi connectivity index (χ2v) is 9.97. The zero-order chi connectivity index (χ0) is 20.6. The molecule has 3 heterocycles. The molecule has 1 aliphatic rings. The number of nitrogens with zero attached hydrogens (tertiary/aromatic N) is 2. The Bertz CT molecular complexity index is 1130. The first kappa shape index (κ1) is 19.8. The maximum absolute atomic E-state index is 11.5. The Labute approximate surface area is 179 Å². The maximum atomic E-state index is 11.5. The molecule has 1 fully saturated rings. The van der Waals surface area contributed by atoms with E-state index in [2.05, 4.69) is 38.3 Å². The number of hydrogen-bond acceptors (Lipinski definition) is 5. The Hall–Kier alpha value is -2.49. The molecule has 1 saturated heterocycles. The standard InChI is InChI=1S/C20H20N4O2S3/c1-13-10-12-28-19(13)18-17(16-5-3-4-11-21-16)22-20(27)24(18)15-8-6-14(7-9-15)23-29(2,25)26/h3-12,17-18,23H,1-2H3,(H,22,27)/t17-,18-/m1/s1. The van der Waals surface area contributed by atoms with Gasteiger partial charge in [0.25, 0.3) is 0 Å². The van der Waals surface area contributed by atoms with E-state index in [1.807, 2.05) is 30.3 Å². The molecule has 2 atom stereocenters. The van der Waals surface area contributed by atoms with Gasteiger partial charge in [-0.1, -0.05) is 6.07 Å². The maximum Gasteiger partial charge on any atom is 0.229 e. The van der Waals surface area contributed by atoms with Gasteiger partial charge in [0.15, 0.2) is 5.11 Å². The first-order valence-electron chi connectivity index (χ1n) is 8.96. The molecule has 3 aromatic rings. The molecule has 0 radical (unpaired) electrons. The van der Waals surface area contributed by atoms with Crippen LogP contribution in [0.2, 0.25) is 0 Å². The zero-order valence-electron chi connectivity index (χ0n) is 15.9. The van der Waals surface area contributed by atoms with E-state index in [1.165, 1.54) is 10.4 Å². The van der Waals surface area contributed by atoms with E-state index >= 15 is 0 Å². The van der Waals surface area contributed by atoms with Gasteiger partial charge in [0.1, 0.15) is 0 Å². The lowest BCUT2D eigenvalue weighted by molar-refractivity contribution is 0.573. The molecule has 2 aromatic heterocycles. The van der Waals surface area contributed by atoms with E-state index in [0.717, 1.165) is 17.6 Å². The minimum atomic E-state index is -3.32. The fourth-order valence-electron chi connectivity index (χ4n) is 3.49. The van der Waals surface area contributed by atoms with Crippen LogP contribution >= 0.6 is 23.6 Å². The number of anilines is 2. The van der Waals surface area contributed by atoms with Gasteiger partial charge in [0.2, 0.25) is 10.0 Å². The number of benzene rings is 1. The smallest absolute Gasteiger partial charge is 0.229 e. The topological polar surface area (TPSA) is 74.3 Å². The second-order valence-electron chi connectivity index (χ2n) is 6.89. The van der Waals surface area contributed by atoms with Crippen molar-refractivity contribution in [1.29, 1.82) is 0 Å². The summed E-state index contributed by atoms with van der Waals surface area (Å²) < 4.78 is 25.5. The molecule has 9 heteroatoms. The molecule has 6 nitrogen and oxygen atoms in total. The summed E-state index contributed by atoms with van der Waals surface area (Å²) in [6.07, 6.45) is 2.92. The zero-order valence-corrected chi connectivity index (χ0v) is 18.3. The molecule has 0 amide bonds. The molecule has 0 aliphatic carbocycles. The fourth-order valence-corrected chi connectivity index (χ4v) is 5.45. The van der Waals surface area contributed by atoms with E-state index in [4.69, 9.17) is 12.2 Å². The largest absolute Gasteiger partial charge is 0.351 e. The van der Waals surface area contributed by atoms with Crippen LogP contribution in [0.3, 0.4) is 0 Å². The van der Waals surface area contributed by atoms with Gasteiger partial charge in [0, 0.05) is 22.4 Å². The Morgan fingerprint density at radius 3 is 2.52 bits per heavy atom. The molecule has 1 aromatic carbocycles. The predicted molar refractivity (Wildman–Crippen MR) is 122 cm³/mol. The molecule has 0 spiro atoms. The number of thiocarbonyl (C=S) groups is 1. The third-order valence-electron chi connectivity index (χ3n) is 4.72. The lowest BCUT2D eigenvalue weighted by Gasteiger charge is -2.27. The molecule has 29 heavy (non-hydrogen) atoms. The van der Waals surface area contributed by atoms with Crippen LogP contribution in [0, 0.1) is 6.92 Å². The van der Waals surface area contributed by atoms with Crippen LogP contribution in [0.5, 0.6) is 0 Å². The highest BCUT2D eigenvalue weighted by atomic mass is 32.2. The molecule has 150 valence electrons. The van der Waals surface area contributed by atoms with Crippen molar-refractivity contribution in [2.24, 2.45) is 0 Å². The van der Waals surface area contributed by atoms with Gasteiger partial charge in [-0.25, -0.2) is 8.42 Å². The number of aromatic nitrogens is 1. The van der Waals surface area contributed by atoms with Gasteiger partial charge < -0.3 is 10.2 Å². The molecule has 0 unspecified atom stereocenters. The van der Waals surface area contributed by atoms with Gasteiger partial charge in [-0.3, -0.25) is 9.71 Å². The lowest BCUT2D eigenvalue weighted by atomic mass is 10.0. The minimum Gasteiger partial charge on any atom is -0.351 e. The average Bonchev–Trinajstić information content (AvgIpc) is 3.24. The van der Waals surface area contributed by atoms with Crippen LogP contribution in [0.1, 0.15) is 28.2 Å². The summed E-state index contributed by atoms with van der Waals surface area (Å²) in [7, 11) is -3.32. The minimum absolute atomic E-state index is 0.0499. The van der Waals surface area contributed by atoms with E-state index < -0.39 is 10.0 Å². The van der Waals surface area contributed by atoms with Crippen molar-refractivity contribution in [1.82, 2.24) is 10.3 Å². The third-order valence-corrected chi connectivity index (χ3v) is 6.73. The van der Waals surface area contributed by atoms with Gasteiger partial charge in [0.05, 0.1) is 24.0 Å². The number of pyridine rings is 1. The molecular weight excluding hydrogens is 424 g/mol. The SMILES string of the molecule is Cc1ccsc1[C@H]1[C@@H](c2ccccn2)NC(=S)N1c1ccc(NS(C)(=O)=O)cc1. The van der Waals surface area contributed by atoms with E-state index in [9.17, 15) is 8.42 Å². The Balaban J connectivity index is 1.75. The van der Waals surface area contributed by atoms with Crippen molar-refractivity contribution in [3.63, 3.8) is 0 Å². The van der Waals surface area contributed by atoms with Crippen molar-refractivity contribution >= 4 is 50.1 Å². The number of hydrogen-bond donors (Lipinski definition) is 2. The Kier molecular flexibility index (Phi) is 5.28. The number of nitrogens with one attached hydrogen (secondary N) is 2. The summed E-state index contributed by atoms with van der Waals surface area (Å²) in [4.78, 5) is 7.84. The molecule has 1 aliphatic heterocycles. The molecule has 0 bridgehead atoms. The fraction of sp³-hybridized carbons (Fsp3) is 0.200. The lowest BCUT2D eigenvalue weighted by Crippen LogP contribution is -2.29. The Morgan fingerprint density at radius 2 is 1.93 bits per heavy atom. The average molecular weight is 445 g/mol. The van der Waals surface area contributed by atoms with Crippen LogP contribution in [0.25, 0.3) is 0 Å². The number of rotatable bonds is 5. The third kappa shape index (κ3) is 4.12. The number of sulfonamides is 1. The predicted octanol–water partition coefficient (Wildman–Crippen LogP) is 4.00. The van der Waals surface area contributed by atoms with Crippen LogP contribution in [-0.2, 0) is 10.0 Å². The van der Waals surface area contributed by atoms with E-state index in [0.29, 0.717) is 10.8 Å². The first-order valence-corrected chi connectivity index (χ1v) is 12.1. The number of aryl methyl sites for hydroxylation is 1. The van der Waals surface area contributed by atoms with Crippen molar-refractivity contribution in [3.05, 3.63) is 76.2 Å². The van der Waals surface area contributed by atoms with Gasteiger partial charge in [-0.05, 0) is 72.5 Å². The van der Waals surface area contributed by atoms with Gasteiger partial charge in [-0.2, -0.15) is 0 Å². The van der Waals surface area contributed by atoms with Crippen LogP contribution in [0.4, 0.5) is 11.4 Å². The molecule has 0 saturated carbocycles. The second kappa shape index (κ2) is 7.74. The molecule has 4 rings (SSSR count). The summed E-state index contributed by atoms with van der Waals surface area (Å²) in [5.41, 5.74) is 3.52. The van der Waals surface area contributed by atoms with Crippen LogP contribution in [0.15, 0.2) is 60.1 Å². The summed E-state index contributed by atoms with van der Waals surface area (Å²) >= 11 is 7.39. The van der Waals surface area contributed by atoms with Crippen molar-refractivity contribution in [3.8, 4) is 0 Å². The first-order chi connectivity index (χ1) is 13.8. The monoisotopic (exact) mass is 444 g/mol. The highest BCUT2D eigenvalue weighted by Gasteiger charge is 2.41. The van der Waals surface area contributed by atoms with Crippen LogP contribution < -0.4 is 14.9 Å².